The van der Waals surface area contributed by atoms with Crippen LogP contribution in [0.15, 0.2) is 18.3 Å². The summed E-state index contributed by atoms with van der Waals surface area (Å²) in [6.45, 7) is 2.77. The maximum atomic E-state index is 5.63. The van der Waals surface area contributed by atoms with Crippen LogP contribution < -0.4 is 11.1 Å². The van der Waals surface area contributed by atoms with E-state index in [0.717, 1.165) is 36.5 Å². The highest BCUT2D eigenvalue weighted by atomic mass is 15.3. The van der Waals surface area contributed by atoms with Gasteiger partial charge >= 0.3 is 0 Å². The lowest BCUT2D eigenvalue weighted by molar-refractivity contribution is 0.371. The monoisotopic (exact) mass is 245 g/mol. The van der Waals surface area contributed by atoms with E-state index in [1.807, 2.05) is 22.8 Å². The molecule has 0 aliphatic carbocycles. The highest BCUT2D eigenvalue weighted by Crippen LogP contribution is 2.15. The number of nitrogens with one attached hydrogen (secondary N) is 1. The number of pyridine rings is 1. The van der Waals surface area contributed by atoms with Crippen molar-refractivity contribution in [2.24, 2.45) is 11.7 Å². The average Bonchev–Trinajstić information content (AvgIpc) is 2.80. The number of hydrogen-bond donors (Lipinski definition) is 2. The molecular weight excluding hydrogens is 226 g/mol. The molecule has 0 saturated carbocycles. The molecule has 3 rings (SSSR count). The second-order valence-corrected chi connectivity index (χ2v) is 4.99. The Morgan fingerprint density at radius 1 is 1.44 bits per heavy atom. The predicted octanol–water partition coefficient (Wildman–Crippen LogP) is 0.730. The van der Waals surface area contributed by atoms with Gasteiger partial charge in [-0.1, -0.05) is 6.07 Å². The summed E-state index contributed by atoms with van der Waals surface area (Å²) < 4.78 is 1.84. The number of hydrogen-bond acceptors (Lipinski definition) is 4. The highest BCUT2D eigenvalue weighted by Gasteiger charge is 2.16. The Morgan fingerprint density at radius 3 is 3.17 bits per heavy atom. The third-order valence-corrected chi connectivity index (χ3v) is 3.54. The van der Waals surface area contributed by atoms with Crippen molar-refractivity contribution in [2.75, 3.05) is 13.1 Å². The first-order valence-corrected chi connectivity index (χ1v) is 6.60. The van der Waals surface area contributed by atoms with Gasteiger partial charge in [0, 0.05) is 19.2 Å². The summed E-state index contributed by atoms with van der Waals surface area (Å²) in [7, 11) is 0. The SMILES string of the molecule is NCc1ccc2nc(CC3CCCNC3)nn2c1. The van der Waals surface area contributed by atoms with Crippen molar-refractivity contribution in [3.05, 3.63) is 29.7 Å². The summed E-state index contributed by atoms with van der Waals surface area (Å²) in [6.07, 6.45) is 5.46. The van der Waals surface area contributed by atoms with Gasteiger partial charge in [0.1, 0.15) is 0 Å². The van der Waals surface area contributed by atoms with Crippen LogP contribution in [0.25, 0.3) is 5.65 Å². The number of nitrogens with two attached hydrogens (primary N) is 1. The summed E-state index contributed by atoms with van der Waals surface area (Å²) in [5.41, 5.74) is 7.62. The number of rotatable bonds is 3. The van der Waals surface area contributed by atoms with E-state index in [4.69, 9.17) is 5.73 Å². The van der Waals surface area contributed by atoms with Crippen LogP contribution in [0.1, 0.15) is 24.2 Å². The van der Waals surface area contributed by atoms with Gasteiger partial charge in [-0.2, -0.15) is 5.10 Å². The third kappa shape index (κ3) is 2.37. The molecule has 1 aliphatic rings. The molecule has 2 aromatic rings. The molecule has 0 aromatic carbocycles. The van der Waals surface area contributed by atoms with Gasteiger partial charge < -0.3 is 11.1 Å². The molecular formula is C13H19N5. The van der Waals surface area contributed by atoms with E-state index in [1.54, 1.807) is 0 Å². The van der Waals surface area contributed by atoms with Crippen molar-refractivity contribution in [1.82, 2.24) is 19.9 Å². The lowest BCUT2D eigenvalue weighted by atomic mass is 9.96. The molecule has 0 spiro atoms. The standard InChI is InChI=1S/C13H19N5/c14-7-11-3-4-13-16-12(17-18(13)9-11)6-10-2-1-5-15-8-10/h3-4,9-10,15H,1-2,5-8,14H2. The average molecular weight is 245 g/mol. The van der Waals surface area contributed by atoms with E-state index < -0.39 is 0 Å². The number of fused-ring (bicyclic) bond motifs is 1. The van der Waals surface area contributed by atoms with Crippen LogP contribution in [-0.2, 0) is 13.0 Å². The molecule has 1 unspecified atom stereocenters. The van der Waals surface area contributed by atoms with E-state index in [2.05, 4.69) is 15.4 Å². The van der Waals surface area contributed by atoms with Crippen molar-refractivity contribution >= 4 is 5.65 Å². The fourth-order valence-corrected chi connectivity index (χ4v) is 2.54. The largest absolute Gasteiger partial charge is 0.326 e. The van der Waals surface area contributed by atoms with Gasteiger partial charge in [0.15, 0.2) is 11.5 Å². The highest BCUT2D eigenvalue weighted by molar-refractivity contribution is 5.38. The molecule has 3 N–H and O–H groups in total. The number of aromatic nitrogens is 3. The van der Waals surface area contributed by atoms with E-state index in [1.165, 1.54) is 12.8 Å². The van der Waals surface area contributed by atoms with Gasteiger partial charge in [-0.25, -0.2) is 9.50 Å². The van der Waals surface area contributed by atoms with Gasteiger partial charge in [-0.05, 0) is 43.5 Å². The third-order valence-electron chi connectivity index (χ3n) is 3.54. The zero-order chi connectivity index (χ0) is 12.4. The van der Waals surface area contributed by atoms with Crippen LogP contribution >= 0.6 is 0 Å². The van der Waals surface area contributed by atoms with Crippen molar-refractivity contribution in [3.8, 4) is 0 Å². The lowest BCUT2D eigenvalue weighted by Gasteiger charge is -2.21. The van der Waals surface area contributed by atoms with Gasteiger partial charge in [0.2, 0.25) is 0 Å². The van der Waals surface area contributed by atoms with Gasteiger partial charge in [0.25, 0.3) is 0 Å². The minimum atomic E-state index is 0.539. The first-order chi connectivity index (χ1) is 8.85. The normalized spacial score (nSPS) is 20.4. The Balaban J connectivity index is 1.79. The molecule has 1 atom stereocenters. The Hall–Kier alpha value is -1.46. The van der Waals surface area contributed by atoms with E-state index >= 15 is 0 Å². The molecule has 1 aliphatic heterocycles. The second kappa shape index (κ2) is 5.04. The molecule has 1 saturated heterocycles. The maximum absolute atomic E-state index is 5.63. The molecule has 5 nitrogen and oxygen atoms in total. The van der Waals surface area contributed by atoms with Crippen molar-refractivity contribution in [2.45, 2.75) is 25.8 Å². The predicted molar refractivity (Wildman–Crippen MR) is 70.2 cm³/mol. The van der Waals surface area contributed by atoms with Crippen LogP contribution in [0.4, 0.5) is 0 Å². The molecule has 5 heteroatoms. The quantitative estimate of drug-likeness (QED) is 0.836. The smallest absolute Gasteiger partial charge is 0.155 e. The van der Waals surface area contributed by atoms with Gasteiger partial charge in [0.05, 0.1) is 0 Å². The van der Waals surface area contributed by atoms with E-state index in [9.17, 15) is 0 Å². The zero-order valence-corrected chi connectivity index (χ0v) is 10.5. The van der Waals surface area contributed by atoms with Crippen LogP contribution in [0.5, 0.6) is 0 Å². The topological polar surface area (TPSA) is 68.2 Å². The molecule has 0 radical (unpaired) electrons. The van der Waals surface area contributed by atoms with Gasteiger partial charge in [-0.15, -0.1) is 0 Å². The Bertz CT molecular complexity index is 527. The molecule has 0 amide bonds. The molecule has 0 bridgehead atoms. The minimum absolute atomic E-state index is 0.539. The summed E-state index contributed by atoms with van der Waals surface area (Å²) in [6, 6.07) is 3.99. The fraction of sp³-hybridized carbons (Fsp3) is 0.538. The Morgan fingerprint density at radius 2 is 2.39 bits per heavy atom. The molecule has 2 aromatic heterocycles. The summed E-state index contributed by atoms with van der Waals surface area (Å²) in [4.78, 5) is 4.57. The zero-order valence-electron chi connectivity index (χ0n) is 10.5. The summed E-state index contributed by atoms with van der Waals surface area (Å²) in [5, 5.41) is 7.97. The Kier molecular flexibility index (Phi) is 3.25. The van der Waals surface area contributed by atoms with Gasteiger partial charge in [-0.3, -0.25) is 0 Å². The second-order valence-electron chi connectivity index (χ2n) is 4.99. The number of piperidine rings is 1. The van der Waals surface area contributed by atoms with Crippen LogP contribution in [0.3, 0.4) is 0 Å². The lowest BCUT2D eigenvalue weighted by Crippen LogP contribution is -2.31. The Labute approximate surface area is 106 Å². The minimum Gasteiger partial charge on any atom is -0.326 e. The fourth-order valence-electron chi connectivity index (χ4n) is 2.54. The maximum Gasteiger partial charge on any atom is 0.155 e. The molecule has 3 heterocycles. The summed E-state index contributed by atoms with van der Waals surface area (Å²) >= 11 is 0. The summed E-state index contributed by atoms with van der Waals surface area (Å²) in [5.74, 6) is 1.61. The first kappa shape index (κ1) is 11.6. The van der Waals surface area contributed by atoms with Crippen molar-refractivity contribution in [3.63, 3.8) is 0 Å². The van der Waals surface area contributed by atoms with E-state index in [0.29, 0.717) is 12.5 Å². The molecule has 18 heavy (non-hydrogen) atoms. The number of nitrogens with zero attached hydrogens (tertiary/aromatic N) is 3. The van der Waals surface area contributed by atoms with Crippen molar-refractivity contribution in [1.29, 1.82) is 0 Å². The molecule has 96 valence electrons. The van der Waals surface area contributed by atoms with Crippen LogP contribution in [0.2, 0.25) is 0 Å². The van der Waals surface area contributed by atoms with Crippen LogP contribution in [0, 0.1) is 5.92 Å². The van der Waals surface area contributed by atoms with E-state index in [-0.39, 0.29) is 0 Å². The van der Waals surface area contributed by atoms with Crippen molar-refractivity contribution < 1.29 is 0 Å². The van der Waals surface area contributed by atoms with Crippen LogP contribution in [-0.4, -0.2) is 27.7 Å². The first-order valence-electron chi connectivity index (χ1n) is 6.60. The molecule has 1 fully saturated rings.